The van der Waals surface area contributed by atoms with Crippen LogP contribution in [-0.2, 0) is 13.0 Å². The van der Waals surface area contributed by atoms with Crippen molar-refractivity contribution in [3.8, 4) is 6.01 Å². The maximum absolute atomic E-state index is 6.09. The monoisotopic (exact) mass is 392 g/mol. The number of benzene rings is 1. The molecule has 0 amide bonds. The standard InChI is InChI=1S/C20H28N2O.BrH/c1-15(2)19(16(3)4)17(5)23-20-21-12-14-22(20)13-11-18-9-7-6-8-10-18;/h6-10,12,14-16H,11,13H2,1-5H3;1H. The molecule has 0 fully saturated rings. The van der Waals surface area contributed by atoms with Crippen LogP contribution in [0.1, 0.15) is 40.2 Å². The summed E-state index contributed by atoms with van der Waals surface area (Å²) >= 11 is 0. The molecule has 0 N–H and O–H groups in total. The lowest BCUT2D eigenvalue weighted by atomic mass is 9.92. The van der Waals surface area contributed by atoms with Crippen molar-refractivity contribution in [3.63, 3.8) is 0 Å². The predicted molar refractivity (Wildman–Crippen MR) is 106 cm³/mol. The highest BCUT2D eigenvalue weighted by Crippen LogP contribution is 2.25. The van der Waals surface area contributed by atoms with Gasteiger partial charge in [0.15, 0.2) is 0 Å². The third-order valence-electron chi connectivity index (χ3n) is 4.06. The fourth-order valence-corrected chi connectivity index (χ4v) is 3.14. The molecule has 0 saturated carbocycles. The molecule has 0 aliphatic carbocycles. The van der Waals surface area contributed by atoms with Crippen molar-refractivity contribution in [2.24, 2.45) is 11.8 Å². The number of imidazole rings is 1. The molecule has 0 saturated heterocycles. The number of aromatic nitrogens is 2. The van der Waals surface area contributed by atoms with Gasteiger partial charge in [0.1, 0.15) is 5.76 Å². The van der Waals surface area contributed by atoms with Gasteiger partial charge in [-0.3, -0.25) is 0 Å². The maximum atomic E-state index is 6.09. The fourth-order valence-electron chi connectivity index (χ4n) is 3.14. The van der Waals surface area contributed by atoms with E-state index in [-0.39, 0.29) is 17.0 Å². The van der Waals surface area contributed by atoms with Crippen LogP contribution in [0, 0.1) is 11.8 Å². The Morgan fingerprint density at radius 3 is 2.29 bits per heavy atom. The van der Waals surface area contributed by atoms with Crippen molar-refractivity contribution >= 4 is 17.0 Å². The minimum absolute atomic E-state index is 0. The topological polar surface area (TPSA) is 27.1 Å². The summed E-state index contributed by atoms with van der Waals surface area (Å²) in [5.74, 6) is 1.92. The SMILES string of the molecule is Br.CC(Oc1nccn1CCc1ccccc1)=C(C(C)C)C(C)C. The van der Waals surface area contributed by atoms with Gasteiger partial charge in [-0.2, -0.15) is 0 Å². The molecule has 4 heteroatoms. The van der Waals surface area contributed by atoms with Crippen molar-refractivity contribution in [3.05, 3.63) is 59.6 Å². The third-order valence-corrected chi connectivity index (χ3v) is 4.06. The first kappa shape index (κ1) is 20.5. The van der Waals surface area contributed by atoms with Crippen LogP contribution in [0.5, 0.6) is 6.01 Å². The molecule has 0 radical (unpaired) electrons. The Hall–Kier alpha value is -1.55. The maximum Gasteiger partial charge on any atom is 0.301 e. The van der Waals surface area contributed by atoms with Gasteiger partial charge in [-0.1, -0.05) is 58.0 Å². The first-order chi connectivity index (χ1) is 11.0. The Labute approximate surface area is 156 Å². The summed E-state index contributed by atoms with van der Waals surface area (Å²) in [6.07, 6.45) is 4.76. The van der Waals surface area contributed by atoms with Crippen LogP contribution in [0.15, 0.2) is 54.1 Å². The van der Waals surface area contributed by atoms with Crippen molar-refractivity contribution in [1.29, 1.82) is 0 Å². The second-order valence-corrected chi connectivity index (χ2v) is 6.56. The van der Waals surface area contributed by atoms with Crippen molar-refractivity contribution in [2.45, 2.75) is 47.6 Å². The molecule has 3 nitrogen and oxygen atoms in total. The summed E-state index contributed by atoms with van der Waals surface area (Å²) in [5, 5.41) is 0. The van der Waals surface area contributed by atoms with E-state index in [1.54, 1.807) is 6.20 Å². The van der Waals surface area contributed by atoms with E-state index in [4.69, 9.17) is 4.74 Å². The van der Waals surface area contributed by atoms with Crippen LogP contribution in [0.3, 0.4) is 0 Å². The van der Waals surface area contributed by atoms with Crippen LogP contribution < -0.4 is 4.74 Å². The molecule has 2 aromatic rings. The Morgan fingerprint density at radius 2 is 1.71 bits per heavy atom. The summed E-state index contributed by atoms with van der Waals surface area (Å²) in [7, 11) is 0. The minimum Gasteiger partial charge on any atom is -0.430 e. The van der Waals surface area contributed by atoms with Crippen LogP contribution in [0.25, 0.3) is 0 Å². The van der Waals surface area contributed by atoms with Crippen LogP contribution in [-0.4, -0.2) is 9.55 Å². The van der Waals surface area contributed by atoms with E-state index in [1.165, 1.54) is 11.1 Å². The number of halogens is 1. The molecule has 0 aliphatic rings. The molecule has 1 aromatic carbocycles. The molecule has 1 aromatic heterocycles. The summed E-state index contributed by atoms with van der Waals surface area (Å²) in [6, 6.07) is 11.2. The average molecular weight is 393 g/mol. The van der Waals surface area contributed by atoms with Crippen LogP contribution in [0.4, 0.5) is 0 Å². The van der Waals surface area contributed by atoms with Crippen LogP contribution >= 0.6 is 17.0 Å². The van der Waals surface area contributed by atoms with E-state index in [0.717, 1.165) is 18.7 Å². The van der Waals surface area contributed by atoms with Gasteiger partial charge in [-0.05, 0) is 36.3 Å². The molecule has 132 valence electrons. The zero-order valence-corrected chi connectivity index (χ0v) is 17.0. The minimum atomic E-state index is 0. The Morgan fingerprint density at radius 1 is 1.08 bits per heavy atom. The number of hydrogen-bond acceptors (Lipinski definition) is 2. The number of hydrogen-bond donors (Lipinski definition) is 0. The lowest BCUT2D eigenvalue weighted by molar-refractivity contribution is 0.351. The smallest absolute Gasteiger partial charge is 0.301 e. The van der Waals surface area contributed by atoms with Crippen molar-refractivity contribution in [1.82, 2.24) is 9.55 Å². The zero-order valence-electron chi connectivity index (χ0n) is 15.3. The first-order valence-electron chi connectivity index (χ1n) is 8.42. The molecular formula is C20H29BrN2O. The van der Waals surface area contributed by atoms with Crippen LogP contribution in [0.2, 0.25) is 0 Å². The number of nitrogens with zero attached hydrogens (tertiary/aromatic N) is 2. The Balaban J connectivity index is 0.00000288. The van der Waals surface area contributed by atoms with Crippen molar-refractivity contribution in [2.75, 3.05) is 0 Å². The van der Waals surface area contributed by atoms with Gasteiger partial charge in [0, 0.05) is 18.9 Å². The number of allylic oxidation sites excluding steroid dienone is 2. The van der Waals surface area contributed by atoms with Gasteiger partial charge in [0.2, 0.25) is 0 Å². The zero-order chi connectivity index (χ0) is 16.8. The summed E-state index contributed by atoms with van der Waals surface area (Å²) in [4.78, 5) is 4.38. The van der Waals surface area contributed by atoms with E-state index in [0.29, 0.717) is 17.8 Å². The number of aryl methyl sites for hydroxylation is 2. The predicted octanol–water partition coefficient (Wildman–Crippen LogP) is 5.67. The van der Waals surface area contributed by atoms with Gasteiger partial charge >= 0.3 is 6.01 Å². The number of ether oxygens (including phenoxy) is 1. The Bertz CT molecular complexity index is 635. The highest BCUT2D eigenvalue weighted by molar-refractivity contribution is 8.93. The molecule has 2 rings (SSSR count). The van der Waals surface area contributed by atoms with E-state index in [2.05, 4.69) is 61.5 Å². The van der Waals surface area contributed by atoms with Gasteiger partial charge in [0.25, 0.3) is 0 Å². The largest absolute Gasteiger partial charge is 0.430 e. The molecule has 1 heterocycles. The highest BCUT2D eigenvalue weighted by atomic mass is 79.9. The molecule has 0 spiro atoms. The van der Waals surface area contributed by atoms with E-state index >= 15 is 0 Å². The van der Waals surface area contributed by atoms with E-state index in [1.807, 2.05) is 19.2 Å². The summed E-state index contributed by atoms with van der Waals surface area (Å²) < 4.78 is 8.17. The average Bonchev–Trinajstić information content (AvgIpc) is 2.92. The van der Waals surface area contributed by atoms with E-state index < -0.39 is 0 Å². The van der Waals surface area contributed by atoms with Gasteiger partial charge in [-0.25, -0.2) is 4.98 Å². The molecule has 0 unspecified atom stereocenters. The summed E-state index contributed by atoms with van der Waals surface area (Å²) in [6.45, 7) is 11.8. The second-order valence-electron chi connectivity index (χ2n) is 6.56. The quantitative estimate of drug-likeness (QED) is 0.567. The van der Waals surface area contributed by atoms with Gasteiger partial charge < -0.3 is 9.30 Å². The molecule has 0 atom stereocenters. The van der Waals surface area contributed by atoms with E-state index in [9.17, 15) is 0 Å². The lowest BCUT2D eigenvalue weighted by Gasteiger charge is -2.19. The fraction of sp³-hybridized carbons (Fsp3) is 0.450. The third kappa shape index (κ3) is 5.52. The molecule has 0 bridgehead atoms. The second kappa shape index (κ2) is 9.67. The number of rotatable bonds is 7. The Kier molecular flexibility index (Phi) is 8.26. The molecule has 0 aliphatic heterocycles. The van der Waals surface area contributed by atoms with Gasteiger partial charge in [0.05, 0.1) is 0 Å². The normalized spacial score (nSPS) is 10.6. The molecule has 24 heavy (non-hydrogen) atoms. The van der Waals surface area contributed by atoms with Crippen molar-refractivity contribution < 1.29 is 4.74 Å². The molecular weight excluding hydrogens is 364 g/mol. The summed E-state index contributed by atoms with van der Waals surface area (Å²) in [5.41, 5.74) is 2.67. The highest BCUT2D eigenvalue weighted by Gasteiger charge is 2.15. The first-order valence-corrected chi connectivity index (χ1v) is 8.42. The van der Waals surface area contributed by atoms with Gasteiger partial charge in [-0.15, -0.1) is 17.0 Å². The lowest BCUT2D eigenvalue weighted by Crippen LogP contribution is -2.11.